The molecular weight excluding hydrogens is 354 g/mol. The van der Waals surface area contributed by atoms with Gasteiger partial charge in [-0.3, -0.25) is 0 Å². The van der Waals surface area contributed by atoms with Gasteiger partial charge in [0.25, 0.3) is 0 Å². The molecule has 7 heteroatoms. The van der Waals surface area contributed by atoms with Crippen molar-refractivity contribution < 1.29 is 9.47 Å². The van der Waals surface area contributed by atoms with E-state index in [2.05, 4.69) is 25.5 Å². The van der Waals surface area contributed by atoms with Crippen LogP contribution in [0.25, 0.3) is 0 Å². The van der Waals surface area contributed by atoms with E-state index in [1.54, 1.807) is 14.2 Å². The van der Waals surface area contributed by atoms with Gasteiger partial charge in [-0.05, 0) is 43.3 Å². The number of rotatable bonds is 7. The SMILES string of the molecule is COc1ccc(Nc2cc(C)nc(Nc3ccc(N(C)C)cc3)n2)cc1OC. The molecule has 3 aromatic rings. The highest BCUT2D eigenvalue weighted by atomic mass is 16.5. The Hall–Kier alpha value is -3.48. The molecule has 28 heavy (non-hydrogen) atoms. The summed E-state index contributed by atoms with van der Waals surface area (Å²) in [5.74, 6) is 2.54. The Balaban J connectivity index is 1.79. The molecule has 0 bridgehead atoms. The van der Waals surface area contributed by atoms with Crippen LogP contribution in [0.2, 0.25) is 0 Å². The summed E-state index contributed by atoms with van der Waals surface area (Å²) in [6, 6.07) is 15.6. The lowest BCUT2D eigenvalue weighted by molar-refractivity contribution is 0.355. The van der Waals surface area contributed by atoms with Crippen molar-refractivity contribution in [2.75, 3.05) is 43.8 Å². The molecule has 0 fully saturated rings. The van der Waals surface area contributed by atoms with Gasteiger partial charge in [-0.1, -0.05) is 0 Å². The standard InChI is InChI=1S/C21H25N5O2/c1-14-12-20(23-16-8-11-18(27-4)19(13-16)28-5)25-21(22-14)24-15-6-9-17(10-7-15)26(2)3/h6-13H,1-5H3,(H2,22,23,24,25). The van der Waals surface area contributed by atoms with Gasteiger partial charge in [0.15, 0.2) is 11.5 Å². The first-order chi connectivity index (χ1) is 13.5. The predicted molar refractivity (Wildman–Crippen MR) is 114 cm³/mol. The largest absolute Gasteiger partial charge is 0.493 e. The van der Waals surface area contributed by atoms with Crippen LogP contribution in [0.15, 0.2) is 48.5 Å². The van der Waals surface area contributed by atoms with E-state index in [4.69, 9.17) is 9.47 Å². The Morgan fingerprint density at radius 3 is 2.11 bits per heavy atom. The molecule has 0 amide bonds. The van der Waals surface area contributed by atoms with Crippen LogP contribution < -0.4 is 25.0 Å². The number of nitrogens with zero attached hydrogens (tertiary/aromatic N) is 3. The molecule has 0 aliphatic rings. The van der Waals surface area contributed by atoms with E-state index in [-0.39, 0.29) is 0 Å². The zero-order valence-electron chi connectivity index (χ0n) is 16.8. The zero-order valence-corrected chi connectivity index (χ0v) is 16.8. The molecule has 146 valence electrons. The minimum absolute atomic E-state index is 0.528. The van der Waals surface area contributed by atoms with Gasteiger partial charge in [0.05, 0.1) is 14.2 Å². The number of benzene rings is 2. The first-order valence-corrected chi connectivity index (χ1v) is 8.87. The third-order valence-corrected chi connectivity index (χ3v) is 4.15. The molecule has 2 aromatic carbocycles. The number of hydrogen-bond donors (Lipinski definition) is 2. The Morgan fingerprint density at radius 2 is 1.46 bits per heavy atom. The second-order valence-electron chi connectivity index (χ2n) is 6.48. The van der Waals surface area contributed by atoms with Gasteiger partial charge < -0.3 is 25.0 Å². The summed E-state index contributed by atoms with van der Waals surface area (Å²) in [6.45, 7) is 1.93. The van der Waals surface area contributed by atoms with Crippen LogP contribution in [0.3, 0.4) is 0 Å². The molecule has 1 aromatic heterocycles. The third-order valence-electron chi connectivity index (χ3n) is 4.15. The first-order valence-electron chi connectivity index (χ1n) is 8.87. The van der Waals surface area contributed by atoms with E-state index in [0.29, 0.717) is 23.3 Å². The van der Waals surface area contributed by atoms with Crippen LogP contribution in [0.1, 0.15) is 5.69 Å². The highest BCUT2D eigenvalue weighted by Crippen LogP contribution is 2.31. The third kappa shape index (κ3) is 4.62. The molecule has 2 N–H and O–H groups in total. The molecule has 0 spiro atoms. The molecule has 3 rings (SSSR count). The summed E-state index contributed by atoms with van der Waals surface area (Å²) in [7, 11) is 7.25. The summed E-state index contributed by atoms with van der Waals surface area (Å²) < 4.78 is 10.6. The van der Waals surface area contributed by atoms with Gasteiger partial charge in [0.1, 0.15) is 5.82 Å². The van der Waals surface area contributed by atoms with Crippen molar-refractivity contribution in [1.82, 2.24) is 9.97 Å². The van der Waals surface area contributed by atoms with Crippen molar-refractivity contribution in [2.24, 2.45) is 0 Å². The van der Waals surface area contributed by atoms with Crippen molar-refractivity contribution >= 4 is 28.8 Å². The number of ether oxygens (including phenoxy) is 2. The van der Waals surface area contributed by atoms with Crippen molar-refractivity contribution in [3.05, 3.63) is 54.2 Å². The van der Waals surface area contributed by atoms with E-state index in [0.717, 1.165) is 22.8 Å². The van der Waals surface area contributed by atoms with Gasteiger partial charge in [0, 0.05) is 49.0 Å². The highest BCUT2D eigenvalue weighted by molar-refractivity contribution is 5.64. The average Bonchev–Trinajstić information content (AvgIpc) is 2.67. The van der Waals surface area contributed by atoms with Gasteiger partial charge in [-0.2, -0.15) is 4.98 Å². The van der Waals surface area contributed by atoms with Gasteiger partial charge in [0.2, 0.25) is 5.95 Å². The van der Waals surface area contributed by atoms with Crippen LogP contribution in [-0.4, -0.2) is 38.3 Å². The summed E-state index contributed by atoms with van der Waals surface area (Å²) in [5, 5.41) is 6.54. The fourth-order valence-corrected chi connectivity index (χ4v) is 2.72. The summed E-state index contributed by atoms with van der Waals surface area (Å²) in [6.07, 6.45) is 0. The Labute approximate surface area is 165 Å². The highest BCUT2D eigenvalue weighted by Gasteiger charge is 2.07. The van der Waals surface area contributed by atoms with Crippen molar-refractivity contribution in [2.45, 2.75) is 6.92 Å². The smallest absolute Gasteiger partial charge is 0.229 e. The summed E-state index contributed by atoms with van der Waals surface area (Å²) >= 11 is 0. The molecular formula is C21H25N5O2. The maximum Gasteiger partial charge on any atom is 0.229 e. The van der Waals surface area contributed by atoms with Crippen LogP contribution in [0.4, 0.5) is 28.8 Å². The van der Waals surface area contributed by atoms with Crippen molar-refractivity contribution in [3.63, 3.8) is 0 Å². The Morgan fingerprint density at radius 1 is 0.786 bits per heavy atom. The van der Waals surface area contributed by atoms with E-state index >= 15 is 0 Å². The normalized spacial score (nSPS) is 10.3. The average molecular weight is 379 g/mol. The molecule has 0 radical (unpaired) electrons. The molecule has 0 aliphatic heterocycles. The van der Waals surface area contributed by atoms with Gasteiger partial charge in [-0.15, -0.1) is 0 Å². The fraction of sp³-hybridized carbons (Fsp3) is 0.238. The second-order valence-corrected chi connectivity index (χ2v) is 6.48. The molecule has 0 atom stereocenters. The van der Waals surface area contributed by atoms with Crippen LogP contribution >= 0.6 is 0 Å². The number of methoxy groups -OCH3 is 2. The summed E-state index contributed by atoms with van der Waals surface area (Å²) in [4.78, 5) is 11.1. The van der Waals surface area contributed by atoms with E-state index in [1.807, 2.05) is 69.6 Å². The molecule has 0 saturated carbocycles. The quantitative estimate of drug-likeness (QED) is 0.632. The number of anilines is 5. The van der Waals surface area contributed by atoms with Crippen LogP contribution in [-0.2, 0) is 0 Å². The number of aryl methyl sites for hydroxylation is 1. The lowest BCUT2D eigenvalue weighted by atomic mass is 10.2. The first kappa shape index (κ1) is 19.3. The maximum atomic E-state index is 5.35. The maximum absolute atomic E-state index is 5.35. The van der Waals surface area contributed by atoms with Crippen LogP contribution in [0, 0.1) is 6.92 Å². The number of nitrogens with one attached hydrogen (secondary N) is 2. The van der Waals surface area contributed by atoms with E-state index in [1.165, 1.54) is 0 Å². The lowest BCUT2D eigenvalue weighted by Crippen LogP contribution is -2.08. The molecule has 0 unspecified atom stereocenters. The topological polar surface area (TPSA) is 71.5 Å². The minimum atomic E-state index is 0.528. The summed E-state index contributed by atoms with van der Waals surface area (Å²) in [5.41, 5.74) is 3.75. The van der Waals surface area contributed by atoms with Crippen molar-refractivity contribution in [1.29, 1.82) is 0 Å². The van der Waals surface area contributed by atoms with Crippen molar-refractivity contribution in [3.8, 4) is 11.5 Å². The molecule has 7 nitrogen and oxygen atoms in total. The number of aromatic nitrogens is 2. The Bertz CT molecular complexity index is 942. The van der Waals surface area contributed by atoms with E-state index in [9.17, 15) is 0 Å². The second kappa shape index (κ2) is 8.47. The zero-order chi connectivity index (χ0) is 20.1. The predicted octanol–water partition coefficient (Wildman–Crippen LogP) is 4.36. The molecule has 1 heterocycles. The monoisotopic (exact) mass is 379 g/mol. The van der Waals surface area contributed by atoms with Gasteiger partial charge in [-0.25, -0.2) is 4.98 Å². The molecule has 0 saturated heterocycles. The van der Waals surface area contributed by atoms with E-state index < -0.39 is 0 Å². The van der Waals surface area contributed by atoms with Gasteiger partial charge >= 0.3 is 0 Å². The minimum Gasteiger partial charge on any atom is -0.493 e. The Kier molecular flexibility index (Phi) is 5.84. The van der Waals surface area contributed by atoms with Crippen LogP contribution in [0.5, 0.6) is 11.5 Å². The lowest BCUT2D eigenvalue weighted by Gasteiger charge is -2.14. The molecule has 0 aliphatic carbocycles. The number of hydrogen-bond acceptors (Lipinski definition) is 7. The fourth-order valence-electron chi connectivity index (χ4n) is 2.72.